The van der Waals surface area contributed by atoms with Crippen molar-refractivity contribution < 1.29 is 9.59 Å². The van der Waals surface area contributed by atoms with Crippen molar-refractivity contribution in [3.05, 3.63) is 95.0 Å². The number of rotatable bonds is 6. The zero-order valence-electron chi connectivity index (χ0n) is 16.6. The Hall–Kier alpha value is -3.11. The predicted octanol–water partition coefficient (Wildman–Crippen LogP) is 5.63. The molecule has 1 fully saturated rings. The minimum atomic E-state index is -0.125. The number of benzene rings is 3. The Balaban J connectivity index is 1.55. The molecule has 2 amide bonds. The van der Waals surface area contributed by atoms with Crippen LogP contribution >= 0.6 is 11.6 Å². The standard InChI is InChI=1S/C25H23ClN2O2/c26-22-14-13-20(28-15-7-12-25(28)30)16-23(22)27-24(29)17-21(18-8-3-1-4-9-18)19-10-5-2-6-11-19/h1-6,8-11,13-14,16,21H,7,12,15,17H2,(H,27,29). The van der Waals surface area contributed by atoms with E-state index in [9.17, 15) is 9.59 Å². The van der Waals surface area contributed by atoms with Crippen LogP contribution in [0, 0.1) is 0 Å². The summed E-state index contributed by atoms with van der Waals surface area (Å²) >= 11 is 6.34. The molecule has 0 unspecified atom stereocenters. The van der Waals surface area contributed by atoms with Gasteiger partial charge in [-0.05, 0) is 35.7 Å². The van der Waals surface area contributed by atoms with Gasteiger partial charge in [-0.3, -0.25) is 9.59 Å². The van der Waals surface area contributed by atoms with Gasteiger partial charge < -0.3 is 10.2 Å². The van der Waals surface area contributed by atoms with Crippen molar-refractivity contribution in [3.8, 4) is 0 Å². The maximum Gasteiger partial charge on any atom is 0.227 e. The molecule has 0 aliphatic carbocycles. The van der Waals surface area contributed by atoms with Gasteiger partial charge in [0, 0.05) is 31.0 Å². The van der Waals surface area contributed by atoms with Crippen molar-refractivity contribution in [1.82, 2.24) is 0 Å². The molecule has 0 aromatic heterocycles. The number of halogens is 1. The summed E-state index contributed by atoms with van der Waals surface area (Å²) in [5.74, 6) is -0.0863. The van der Waals surface area contributed by atoms with Crippen LogP contribution < -0.4 is 10.2 Å². The van der Waals surface area contributed by atoms with Gasteiger partial charge in [0.25, 0.3) is 0 Å². The molecule has 0 radical (unpaired) electrons. The zero-order valence-corrected chi connectivity index (χ0v) is 17.3. The highest BCUT2D eigenvalue weighted by Gasteiger charge is 2.23. The fraction of sp³-hybridized carbons (Fsp3) is 0.200. The number of carbonyl (C=O) groups is 2. The Labute approximate surface area is 181 Å². The summed E-state index contributed by atoms with van der Waals surface area (Å²) in [5.41, 5.74) is 3.46. The first-order valence-electron chi connectivity index (χ1n) is 10.1. The minimum absolute atomic E-state index is 0.0606. The Kier molecular flexibility index (Phi) is 6.15. The first kappa shape index (κ1) is 20.2. The minimum Gasteiger partial charge on any atom is -0.325 e. The fourth-order valence-corrected chi connectivity index (χ4v) is 4.05. The van der Waals surface area contributed by atoms with Crippen LogP contribution in [-0.2, 0) is 9.59 Å². The lowest BCUT2D eigenvalue weighted by Crippen LogP contribution is -2.24. The van der Waals surface area contributed by atoms with Crippen LogP contribution in [-0.4, -0.2) is 18.4 Å². The normalized spacial score (nSPS) is 13.7. The summed E-state index contributed by atoms with van der Waals surface area (Å²) < 4.78 is 0. The molecule has 30 heavy (non-hydrogen) atoms. The summed E-state index contributed by atoms with van der Waals surface area (Å²) in [7, 11) is 0. The Morgan fingerprint density at radius 2 is 1.60 bits per heavy atom. The monoisotopic (exact) mass is 418 g/mol. The Morgan fingerprint density at radius 3 is 2.17 bits per heavy atom. The van der Waals surface area contributed by atoms with Gasteiger partial charge in [0.2, 0.25) is 11.8 Å². The fourth-order valence-electron chi connectivity index (χ4n) is 3.88. The molecule has 1 aliphatic heterocycles. The second-order valence-electron chi connectivity index (χ2n) is 7.44. The van der Waals surface area contributed by atoms with E-state index in [1.807, 2.05) is 66.7 Å². The van der Waals surface area contributed by atoms with E-state index in [1.54, 1.807) is 17.0 Å². The third-order valence-corrected chi connectivity index (χ3v) is 5.73. The van der Waals surface area contributed by atoms with E-state index in [2.05, 4.69) is 5.32 Å². The molecule has 0 bridgehead atoms. The van der Waals surface area contributed by atoms with E-state index in [-0.39, 0.29) is 24.2 Å². The summed E-state index contributed by atoms with van der Waals surface area (Å²) in [6.45, 7) is 0.692. The number of carbonyl (C=O) groups excluding carboxylic acids is 2. The van der Waals surface area contributed by atoms with E-state index in [0.29, 0.717) is 23.7 Å². The van der Waals surface area contributed by atoms with Crippen molar-refractivity contribution in [3.63, 3.8) is 0 Å². The first-order chi connectivity index (χ1) is 14.6. The number of hydrogen-bond donors (Lipinski definition) is 1. The second-order valence-corrected chi connectivity index (χ2v) is 7.85. The van der Waals surface area contributed by atoms with Gasteiger partial charge in [-0.15, -0.1) is 0 Å². The molecular formula is C25H23ClN2O2. The second kappa shape index (κ2) is 9.14. The van der Waals surface area contributed by atoms with Crippen LogP contribution in [0.4, 0.5) is 11.4 Å². The van der Waals surface area contributed by atoms with Crippen molar-refractivity contribution in [2.75, 3.05) is 16.8 Å². The Morgan fingerprint density at radius 1 is 0.967 bits per heavy atom. The summed E-state index contributed by atoms with van der Waals surface area (Å²) in [4.78, 5) is 26.8. The van der Waals surface area contributed by atoms with Gasteiger partial charge >= 0.3 is 0 Å². The van der Waals surface area contributed by atoms with Crippen molar-refractivity contribution in [2.24, 2.45) is 0 Å². The molecule has 1 aliphatic rings. The van der Waals surface area contributed by atoms with Crippen LogP contribution in [0.15, 0.2) is 78.9 Å². The maximum atomic E-state index is 13.0. The number of hydrogen-bond acceptors (Lipinski definition) is 2. The van der Waals surface area contributed by atoms with Gasteiger partial charge in [-0.1, -0.05) is 72.3 Å². The van der Waals surface area contributed by atoms with Crippen molar-refractivity contribution >= 4 is 34.8 Å². The molecule has 1 N–H and O–H groups in total. The molecule has 4 rings (SSSR count). The quantitative estimate of drug-likeness (QED) is 0.564. The third kappa shape index (κ3) is 4.55. The van der Waals surface area contributed by atoms with E-state index < -0.39 is 0 Å². The lowest BCUT2D eigenvalue weighted by molar-refractivity contribution is -0.117. The molecule has 4 nitrogen and oxygen atoms in total. The van der Waals surface area contributed by atoms with Crippen LogP contribution in [0.5, 0.6) is 0 Å². The summed E-state index contributed by atoms with van der Waals surface area (Å²) in [5, 5.41) is 3.40. The summed E-state index contributed by atoms with van der Waals surface area (Å²) in [6.07, 6.45) is 1.69. The highest BCUT2D eigenvalue weighted by atomic mass is 35.5. The van der Waals surface area contributed by atoms with Crippen LogP contribution in [0.3, 0.4) is 0 Å². The lowest BCUT2D eigenvalue weighted by atomic mass is 9.88. The van der Waals surface area contributed by atoms with Gasteiger partial charge in [0.15, 0.2) is 0 Å². The van der Waals surface area contributed by atoms with E-state index in [0.717, 1.165) is 23.2 Å². The van der Waals surface area contributed by atoms with Crippen LogP contribution in [0.2, 0.25) is 5.02 Å². The zero-order chi connectivity index (χ0) is 20.9. The molecule has 0 saturated carbocycles. The molecule has 1 heterocycles. The summed E-state index contributed by atoms with van der Waals surface area (Å²) in [6, 6.07) is 25.4. The molecule has 152 valence electrons. The Bertz CT molecular complexity index is 998. The third-order valence-electron chi connectivity index (χ3n) is 5.40. The molecular weight excluding hydrogens is 396 g/mol. The maximum absolute atomic E-state index is 13.0. The van der Waals surface area contributed by atoms with Crippen LogP contribution in [0.1, 0.15) is 36.3 Å². The smallest absolute Gasteiger partial charge is 0.227 e. The first-order valence-corrected chi connectivity index (χ1v) is 10.5. The molecule has 3 aromatic rings. The van der Waals surface area contributed by atoms with Gasteiger partial charge in [0.1, 0.15) is 0 Å². The van der Waals surface area contributed by atoms with Crippen molar-refractivity contribution in [2.45, 2.75) is 25.2 Å². The van der Waals surface area contributed by atoms with Gasteiger partial charge in [-0.2, -0.15) is 0 Å². The molecule has 3 aromatic carbocycles. The average Bonchev–Trinajstić information content (AvgIpc) is 3.21. The van der Waals surface area contributed by atoms with E-state index in [4.69, 9.17) is 11.6 Å². The largest absolute Gasteiger partial charge is 0.325 e. The van der Waals surface area contributed by atoms with E-state index in [1.165, 1.54) is 0 Å². The number of nitrogens with zero attached hydrogens (tertiary/aromatic N) is 1. The lowest BCUT2D eigenvalue weighted by Gasteiger charge is -2.20. The van der Waals surface area contributed by atoms with Crippen molar-refractivity contribution in [1.29, 1.82) is 0 Å². The predicted molar refractivity (Wildman–Crippen MR) is 121 cm³/mol. The number of anilines is 2. The highest BCUT2D eigenvalue weighted by molar-refractivity contribution is 6.33. The highest BCUT2D eigenvalue weighted by Crippen LogP contribution is 2.32. The topological polar surface area (TPSA) is 49.4 Å². The molecule has 0 atom stereocenters. The molecule has 5 heteroatoms. The number of nitrogens with one attached hydrogen (secondary N) is 1. The molecule has 1 saturated heterocycles. The van der Waals surface area contributed by atoms with E-state index >= 15 is 0 Å². The van der Waals surface area contributed by atoms with Gasteiger partial charge in [-0.25, -0.2) is 0 Å². The molecule has 0 spiro atoms. The SMILES string of the molecule is O=C(CC(c1ccccc1)c1ccccc1)Nc1cc(N2CCCC2=O)ccc1Cl. The number of amides is 2. The van der Waals surface area contributed by atoms with Crippen LogP contribution in [0.25, 0.3) is 0 Å². The average molecular weight is 419 g/mol. The van der Waals surface area contributed by atoms with Gasteiger partial charge in [0.05, 0.1) is 10.7 Å².